The van der Waals surface area contributed by atoms with Gasteiger partial charge >= 0.3 is 0 Å². The summed E-state index contributed by atoms with van der Waals surface area (Å²) < 4.78 is 13.1. The zero-order valence-electron chi connectivity index (χ0n) is 13.7. The molecule has 0 aliphatic heterocycles. The van der Waals surface area contributed by atoms with E-state index >= 15 is 0 Å². The van der Waals surface area contributed by atoms with Crippen molar-refractivity contribution >= 4 is 45.8 Å². The summed E-state index contributed by atoms with van der Waals surface area (Å²) in [5.41, 5.74) is 2.82. The number of benzene rings is 3. The highest BCUT2D eigenvalue weighted by atomic mass is 35.5. The van der Waals surface area contributed by atoms with Crippen molar-refractivity contribution in [3.05, 3.63) is 82.1 Å². The van der Waals surface area contributed by atoms with E-state index in [1.807, 2.05) is 0 Å². The molecule has 1 amide bonds. The second-order valence-electron chi connectivity index (χ2n) is 5.75. The smallest absolute Gasteiger partial charge is 0.255 e. The molecular formula is C19H11Cl2FN4O. The van der Waals surface area contributed by atoms with E-state index in [0.29, 0.717) is 38.0 Å². The first-order chi connectivity index (χ1) is 13.0. The number of nitrogens with zero attached hydrogens (tertiary/aromatic N) is 3. The van der Waals surface area contributed by atoms with Gasteiger partial charge in [-0.3, -0.25) is 4.79 Å². The summed E-state index contributed by atoms with van der Waals surface area (Å²) in [6.45, 7) is 0. The van der Waals surface area contributed by atoms with Gasteiger partial charge in [-0.05, 0) is 60.7 Å². The van der Waals surface area contributed by atoms with Crippen LogP contribution in [0.1, 0.15) is 10.4 Å². The SMILES string of the molecule is O=C(Nc1ccc2nn(-c3ccc(F)cc3)nc2c1)c1ccc(Cl)c(Cl)c1. The number of carbonyl (C=O) groups is 1. The van der Waals surface area contributed by atoms with Crippen LogP contribution in [0.5, 0.6) is 0 Å². The van der Waals surface area contributed by atoms with Gasteiger partial charge in [0.05, 0.1) is 15.7 Å². The fraction of sp³-hybridized carbons (Fsp3) is 0. The summed E-state index contributed by atoms with van der Waals surface area (Å²) in [7, 11) is 0. The van der Waals surface area contributed by atoms with E-state index in [1.165, 1.54) is 23.0 Å². The molecule has 0 spiro atoms. The third-order valence-corrected chi connectivity index (χ3v) is 4.62. The number of amides is 1. The number of carbonyl (C=O) groups excluding carboxylic acids is 1. The minimum Gasteiger partial charge on any atom is -0.322 e. The van der Waals surface area contributed by atoms with Gasteiger partial charge in [0.2, 0.25) is 0 Å². The molecule has 8 heteroatoms. The molecule has 5 nitrogen and oxygen atoms in total. The highest BCUT2D eigenvalue weighted by Gasteiger charge is 2.11. The van der Waals surface area contributed by atoms with Gasteiger partial charge in [0, 0.05) is 11.3 Å². The lowest BCUT2D eigenvalue weighted by Crippen LogP contribution is -2.11. The summed E-state index contributed by atoms with van der Waals surface area (Å²) in [6, 6.07) is 15.7. The first-order valence-corrected chi connectivity index (χ1v) is 8.65. The highest BCUT2D eigenvalue weighted by molar-refractivity contribution is 6.42. The van der Waals surface area contributed by atoms with E-state index < -0.39 is 0 Å². The molecule has 0 aliphatic carbocycles. The van der Waals surface area contributed by atoms with Crippen molar-refractivity contribution in [1.82, 2.24) is 15.0 Å². The van der Waals surface area contributed by atoms with Crippen LogP contribution in [-0.4, -0.2) is 20.9 Å². The number of fused-ring (bicyclic) bond motifs is 1. The van der Waals surface area contributed by atoms with Gasteiger partial charge < -0.3 is 5.32 Å². The molecule has 27 heavy (non-hydrogen) atoms. The Morgan fingerprint density at radius 3 is 2.37 bits per heavy atom. The van der Waals surface area contributed by atoms with Gasteiger partial charge in [0.15, 0.2) is 0 Å². The minimum atomic E-state index is -0.331. The molecule has 134 valence electrons. The quantitative estimate of drug-likeness (QED) is 0.519. The van der Waals surface area contributed by atoms with Crippen molar-refractivity contribution in [3.8, 4) is 5.69 Å². The van der Waals surface area contributed by atoms with Crippen LogP contribution >= 0.6 is 23.2 Å². The Bertz CT molecular complexity index is 1160. The van der Waals surface area contributed by atoms with Crippen molar-refractivity contribution in [1.29, 1.82) is 0 Å². The topological polar surface area (TPSA) is 59.8 Å². The largest absolute Gasteiger partial charge is 0.322 e. The Balaban J connectivity index is 1.60. The highest BCUT2D eigenvalue weighted by Crippen LogP contribution is 2.24. The number of anilines is 1. The van der Waals surface area contributed by atoms with E-state index in [2.05, 4.69) is 15.5 Å². The Hall–Kier alpha value is -2.96. The fourth-order valence-corrected chi connectivity index (χ4v) is 2.82. The summed E-state index contributed by atoms with van der Waals surface area (Å²) in [5.74, 6) is -0.651. The molecule has 0 saturated carbocycles. The van der Waals surface area contributed by atoms with E-state index in [9.17, 15) is 9.18 Å². The van der Waals surface area contributed by atoms with Crippen LogP contribution in [0.3, 0.4) is 0 Å². The molecule has 0 fully saturated rings. The number of hydrogen-bond donors (Lipinski definition) is 1. The Morgan fingerprint density at radius 1 is 0.889 bits per heavy atom. The summed E-state index contributed by atoms with van der Waals surface area (Å²) >= 11 is 11.8. The van der Waals surface area contributed by atoms with Crippen LogP contribution in [0.15, 0.2) is 60.7 Å². The summed E-state index contributed by atoms with van der Waals surface area (Å²) in [5, 5.41) is 12.2. The number of aromatic nitrogens is 3. The first kappa shape index (κ1) is 17.5. The molecular weight excluding hydrogens is 390 g/mol. The normalized spacial score (nSPS) is 10.9. The lowest BCUT2D eigenvalue weighted by molar-refractivity contribution is 0.102. The molecule has 4 aromatic rings. The maximum absolute atomic E-state index is 13.1. The second-order valence-corrected chi connectivity index (χ2v) is 6.57. The van der Waals surface area contributed by atoms with E-state index in [4.69, 9.17) is 23.2 Å². The molecule has 0 saturated heterocycles. The van der Waals surface area contributed by atoms with Gasteiger partial charge in [-0.25, -0.2) is 4.39 Å². The molecule has 0 unspecified atom stereocenters. The number of halogens is 3. The fourth-order valence-electron chi connectivity index (χ4n) is 2.52. The average molecular weight is 401 g/mol. The molecule has 1 heterocycles. The maximum atomic E-state index is 13.1. The summed E-state index contributed by atoms with van der Waals surface area (Å²) in [4.78, 5) is 13.8. The van der Waals surface area contributed by atoms with Gasteiger partial charge in [-0.2, -0.15) is 4.80 Å². The van der Waals surface area contributed by atoms with Gasteiger partial charge in [-0.15, -0.1) is 10.2 Å². The Morgan fingerprint density at radius 2 is 1.63 bits per heavy atom. The third kappa shape index (κ3) is 3.63. The average Bonchev–Trinajstić information content (AvgIpc) is 3.07. The summed E-state index contributed by atoms with van der Waals surface area (Å²) in [6.07, 6.45) is 0. The van der Waals surface area contributed by atoms with E-state index in [1.54, 1.807) is 42.5 Å². The minimum absolute atomic E-state index is 0.307. The van der Waals surface area contributed by atoms with E-state index in [0.717, 1.165) is 0 Å². The standard InChI is InChI=1S/C19H11Cl2FN4O/c20-15-7-1-11(9-16(15)21)19(27)23-13-4-8-17-18(10-13)25-26(24-17)14-5-2-12(22)3-6-14/h1-10H,(H,23,27). The van der Waals surface area contributed by atoms with Crippen LogP contribution in [0.2, 0.25) is 10.0 Å². The van der Waals surface area contributed by atoms with Crippen LogP contribution < -0.4 is 5.32 Å². The predicted molar refractivity (Wildman–Crippen MR) is 103 cm³/mol. The maximum Gasteiger partial charge on any atom is 0.255 e. The zero-order valence-corrected chi connectivity index (χ0v) is 15.2. The third-order valence-electron chi connectivity index (χ3n) is 3.88. The van der Waals surface area contributed by atoms with Crippen molar-refractivity contribution in [2.24, 2.45) is 0 Å². The van der Waals surface area contributed by atoms with Crippen LogP contribution in [0.4, 0.5) is 10.1 Å². The second kappa shape index (κ2) is 6.98. The van der Waals surface area contributed by atoms with Crippen molar-refractivity contribution in [2.75, 3.05) is 5.32 Å². The van der Waals surface area contributed by atoms with Crippen LogP contribution in [-0.2, 0) is 0 Å². The van der Waals surface area contributed by atoms with E-state index in [-0.39, 0.29) is 11.7 Å². The number of rotatable bonds is 3. The van der Waals surface area contributed by atoms with Crippen molar-refractivity contribution in [3.63, 3.8) is 0 Å². The number of nitrogens with one attached hydrogen (secondary N) is 1. The molecule has 4 rings (SSSR count). The van der Waals surface area contributed by atoms with Crippen LogP contribution in [0, 0.1) is 5.82 Å². The van der Waals surface area contributed by atoms with Crippen LogP contribution in [0.25, 0.3) is 16.7 Å². The molecule has 0 radical (unpaired) electrons. The molecule has 0 aliphatic rings. The molecule has 1 N–H and O–H groups in total. The Labute approximate surface area is 163 Å². The van der Waals surface area contributed by atoms with Gasteiger partial charge in [-0.1, -0.05) is 23.2 Å². The zero-order chi connectivity index (χ0) is 19.0. The molecule has 1 aromatic heterocycles. The van der Waals surface area contributed by atoms with Gasteiger partial charge in [0.25, 0.3) is 5.91 Å². The molecule has 0 bridgehead atoms. The number of hydrogen-bond acceptors (Lipinski definition) is 3. The van der Waals surface area contributed by atoms with Crippen molar-refractivity contribution in [2.45, 2.75) is 0 Å². The molecule has 0 atom stereocenters. The van der Waals surface area contributed by atoms with Gasteiger partial charge in [0.1, 0.15) is 16.9 Å². The van der Waals surface area contributed by atoms with Crippen molar-refractivity contribution < 1.29 is 9.18 Å². The molecule has 3 aromatic carbocycles. The lowest BCUT2D eigenvalue weighted by atomic mass is 10.2. The Kier molecular flexibility index (Phi) is 4.51. The predicted octanol–water partition coefficient (Wildman–Crippen LogP) is 5.12. The monoisotopic (exact) mass is 400 g/mol. The first-order valence-electron chi connectivity index (χ1n) is 7.89. The lowest BCUT2D eigenvalue weighted by Gasteiger charge is -2.06.